The second-order valence-corrected chi connectivity index (χ2v) is 29.1. The van der Waals surface area contributed by atoms with Crippen LogP contribution in [0.2, 0.25) is 0 Å². The van der Waals surface area contributed by atoms with Gasteiger partial charge in [-0.2, -0.15) is 0 Å². The van der Waals surface area contributed by atoms with Crippen molar-refractivity contribution in [3.05, 3.63) is 376 Å². The van der Waals surface area contributed by atoms with Crippen molar-refractivity contribution < 1.29 is 0 Å². The van der Waals surface area contributed by atoms with Crippen molar-refractivity contribution >= 4 is 128 Å². The molecule has 0 bridgehead atoms. The van der Waals surface area contributed by atoms with Crippen LogP contribution in [-0.2, 0) is 0 Å². The fourth-order valence-corrected chi connectivity index (χ4v) is 18.4. The molecule has 0 amide bonds. The van der Waals surface area contributed by atoms with E-state index < -0.39 is 0 Å². The van der Waals surface area contributed by atoms with E-state index in [9.17, 15) is 0 Å². The lowest BCUT2D eigenvalue weighted by Gasteiger charge is -2.17. The summed E-state index contributed by atoms with van der Waals surface area (Å²) in [5.41, 5.74) is 21.2. The molecular formula is C100H62N2S2. The molecule has 0 spiro atoms. The highest BCUT2D eigenvalue weighted by molar-refractivity contribution is 7.26. The molecular weight excluding hydrogens is 1290 g/mol. The number of thiophene rings is 2. The summed E-state index contributed by atoms with van der Waals surface area (Å²) in [7, 11) is 0. The summed E-state index contributed by atoms with van der Waals surface area (Å²) < 4.78 is 5.29. The number of nitrogens with zero attached hydrogens (tertiary/aromatic N) is 2. The Kier molecular flexibility index (Phi) is 15.0. The van der Waals surface area contributed by atoms with E-state index in [1.807, 2.05) is 28.9 Å². The molecule has 484 valence electrons. The first-order valence-electron chi connectivity index (χ1n) is 35.5. The van der Waals surface area contributed by atoms with Crippen LogP contribution in [0.3, 0.4) is 0 Å². The van der Waals surface area contributed by atoms with Crippen molar-refractivity contribution in [1.29, 1.82) is 0 Å². The smallest absolute Gasteiger partial charge is 0.0714 e. The maximum Gasteiger partial charge on any atom is 0.0714 e. The summed E-state index contributed by atoms with van der Waals surface area (Å²) in [5, 5.41) is 20.2. The molecule has 4 heterocycles. The molecule has 0 atom stereocenters. The van der Waals surface area contributed by atoms with E-state index in [-0.39, 0.29) is 0 Å². The topological polar surface area (TPSA) is 25.8 Å². The summed E-state index contributed by atoms with van der Waals surface area (Å²) in [5.74, 6) is 0. The molecule has 21 aromatic rings. The van der Waals surface area contributed by atoms with Gasteiger partial charge in [-0.05, 0) is 168 Å². The van der Waals surface area contributed by atoms with Gasteiger partial charge in [0.25, 0.3) is 0 Å². The highest BCUT2D eigenvalue weighted by atomic mass is 32.1. The third kappa shape index (κ3) is 10.6. The molecule has 0 unspecified atom stereocenters. The van der Waals surface area contributed by atoms with Crippen LogP contribution in [0.1, 0.15) is 0 Å². The molecule has 104 heavy (non-hydrogen) atoms. The first-order chi connectivity index (χ1) is 51.6. The van der Waals surface area contributed by atoms with E-state index in [0.29, 0.717) is 0 Å². The van der Waals surface area contributed by atoms with Gasteiger partial charge >= 0.3 is 0 Å². The SMILES string of the molecule is c1ccc(-c2ccc(-c3c4ccccc4c(-c4ccc(-c5ccc(-c6ccc7sc8cc9ccccc9cc8c7c6)cc5)cn4)c4ccccc34)cc2)cc1.c1ccc(-c2ccc(-c3c4ccccc4c(-c4ccc(-c5cccc6c5sc5ccc7ccccc7c56)cn4)c4ccccc34)cc2)cc1. The normalized spacial score (nSPS) is 11.7. The van der Waals surface area contributed by atoms with Gasteiger partial charge in [-0.25, -0.2) is 0 Å². The van der Waals surface area contributed by atoms with E-state index >= 15 is 0 Å². The minimum Gasteiger partial charge on any atom is -0.256 e. The monoisotopic (exact) mass is 1350 g/mol. The third-order valence-electron chi connectivity index (χ3n) is 21.1. The van der Waals surface area contributed by atoms with Crippen molar-refractivity contribution in [2.45, 2.75) is 0 Å². The molecule has 4 aromatic heterocycles. The van der Waals surface area contributed by atoms with E-state index in [1.54, 1.807) is 0 Å². The summed E-state index contributed by atoms with van der Waals surface area (Å²) in [6.07, 6.45) is 4.09. The predicted molar refractivity (Wildman–Crippen MR) is 448 cm³/mol. The average molecular weight is 1360 g/mol. The van der Waals surface area contributed by atoms with Gasteiger partial charge in [-0.3, -0.25) is 9.97 Å². The molecule has 0 radical (unpaired) electrons. The van der Waals surface area contributed by atoms with Gasteiger partial charge in [0.1, 0.15) is 0 Å². The van der Waals surface area contributed by atoms with Crippen LogP contribution in [0.4, 0.5) is 0 Å². The third-order valence-corrected chi connectivity index (χ3v) is 23.4. The number of pyridine rings is 2. The molecule has 17 aromatic carbocycles. The van der Waals surface area contributed by atoms with Crippen molar-refractivity contribution in [1.82, 2.24) is 9.97 Å². The Morgan fingerprint density at radius 3 is 1.05 bits per heavy atom. The maximum atomic E-state index is 5.19. The number of hydrogen-bond donors (Lipinski definition) is 0. The second-order valence-electron chi connectivity index (χ2n) is 27.0. The van der Waals surface area contributed by atoms with Crippen LogP contribution in [0.15, 0.2) is 376 Å². The van der Waals surface area contributed by atoms with Gasteiger partial charge in [-0.1, -0.05) is 322 Å². The van der Waals surface area contributed by atoms with Gasteiger partial charge in [0.05, 0.1) is 11.4 Å². The molecule has 0 aliphatic carbocycles. The summed E-state index contributed by atoms with van der Waals surface area (Å²) in [6, 6.07) is 132. The molecule has 0 N–H and O–H groups in total. The second kappa shape index (κ2) is 25.6. The minimum absolute atomic E-state index is 0.975. The zero-order valence-corrected chi connectivity index (χ0v) is 58.1. The predicted octanol–water partition coefficient (Wildman–Crippen LogP) is 28.8. The zero-order valence-electron chi connectivity index (χ0n) is 56.5. The average Bonchev–Trinajstić information content (AvgIpc) is 0.823. The van der Waals surface area contributed by atoms with E-state index in [0.717, 1.165) is 28.1 Å². The Morgan fingerprint density at radius 2 is 0.548 bits per heavy atom. The minimum atomic E-state index is 0.975. The van der Waals surface area contributed by atoms with Gasteiger partial charge in [0.15, 0.2) is 0 Å². The number of aromatic nitrogens is 2. The lowest BCUT2D eigenvalue weighted by Crippen LogP contribution is -1.92. The lowest BCUT2D eigenvalue weighted by molar-refractivity contribution is 1.34. The first kappa shape index (κ1) is 61.0. The van der Waals surface area contributed by atoms with Gasteiger partial charge in [-0.15, -0.1) is 22.7 Å². The standard InChI is InChI=1S/C53H33NS.C47H29NS/c1-2-10-34(11-3-1)35-22-24-38(25-23-35)52-43-14-6-8-16-45(43)53(46-17-9-7-15-44(46)52)49-28-26-42(33-54-49)37-20-18-36(19-21-37)41-27-29-50-47(31-41)48-30-39-12-4-5-13-40(39)32-51(48)55-50;1-2-11-30(12-3-1)31-21-23-33(24-22-31)44-37-15-6-8-17-39(37)45(40-18-9-7-16-38(40)44)42-27-25-34(29-48-42)36-19-10-20-41-46-35-14-5-4-13-32(35)26-28-43(46)49-47(36)41/h1-33H;1-29H. The zero-order chi connectivity index (χ0) is 68.6. The van der Waals surface area contributed by atoms with Crippen molar-refractivity contribution in [2.24, 2.45) is 0 Å². The van der Waals surface area contributed by atoms with Crippen molar-refractivity contribution in [3.8, 4) is 100 Å². The Hall–Kier alpha value is -13.0. The molecule has 0 fully saturated rings. The molecule has 0 saturated carbocycles. The number of benzene rings is 17. The fourth-order valence-electron chi connectivity index (χ4n) is 16.1. The largest absolute Gasteiger partial charge is 0.256 e. The number of hydrogen-bond acceptors (Lipinski definition) is 4. The van der Waals surface area contributed by atoms with Gasteiger partial charge in [0, 0.05) is 80.6 Å². The van der Waals surface area contributed by atoms with Crippen LogP contribution in [0.25, 0.3) is 205 Å². The van der Waals surface area contributed by atoms with Crippen molar-refractivity contribution in [2.75, 3.05) is 0 Å². The Balaban J connectivity index is 0.000000139. The highest BCUT2D eigenvalue weighted by Crippen LogP contribution is 2.48. The van der Waals surface area contributed by atoms with Crippen LogP contribution in [-0.4, -0.2) is 9.97 Å². The summed E-state index contributed by atoms with van der Waals surface area (Å²) in [4.78, 5) is 10.3. The quantitative estimate of drug-likeness (QED) is 0.135. The number of fused-ring (bicyclic) bond motifs is 13. The molecule has 0 aliphatic rings. The fraction of sp³-hybridized carbons (Fsp3) is 0. The van der Waals surface area contributed by atoms with E-state index in [2.05, 4.69) is 370 Å². The van der Waals surface area contributed by atoms with Crippen LogP contribution < -0.4 is 0 Å². The van der Waals surface area contributed by atoms with Crippen LogP contribution in [0, 0.1) is 0 Å². The van der Waals surface area contributed by atoms with Crippen molar-refractivity contribution in [3.63, 3.8) is 0 Å². The number of rotatable bonds is 9. The molecule has 0 saturated heterocycles. The summed E-state index contributed by atoms with van der Waals surface area (Å²) >= 11 is 3.75. The Bertz CT molecular complexity index is 6780. The highest BCUT2D eigenvalue weighted by Gasteiger charge is 2.22. The molecule has 4 heteroatoms. The summed E-state index contributed by atoms with van der Waals surface area (Å²) in [6.45, 7) is 0. The Labute approximate surface area is 610 Å². The maximum absolute atomic E-state index is 5.19. The van der Waals surface area contributed by atoms with E-state index in [1.165, 1.54) is 177 Å². The Morgan fingerprint density at radius 1 is 0.183 bits per heavy atom. The lowest BCUT2D eigenvalue weighted by atomic mass is 9.87. The molecule has 2 nitrogen and oxygen atoms in total. The van der Waals surface area contributed by atoms with Crippen LogP contribution >= 0.6 is 22.7 Å². The van der Waals surface area contributed by atoms with Crippen LogP contribution in [0.5, 0.6) is 0 Å². The van der Waals surface area contributed by atoms with Gasteiger partial charge < -0.3 is 0 Å². The molecule has 0 aliphatic heterocycles. The van der Waals surface area contributed by atoms with Gasteiger partial charge in [0.2, 0.25) is 0 Å². The van der Waals surface area contributed by atoms with E-state index in [4.69, 9.17) is 9.97 Å². The first-order valence-corrected chi connectivity index (χ1v) is 37.1. The molecule has 21 rings (SSSR count).